The van der Waals surface area contributed by atoms with Gasteiger partial charge < -0.3 is 70.6 Å². The monoisotopic (exact) mass is 483 g/mol. The lowest BCUT2D eigenvalue weighted by atomic mass is 9.86. The summed E-state index contributed by atoms with van der Waals surface area (Å²) in [4.78, 5) is 0. The fourth-order valence-corrected chi connectivity index (χ4v) is 4.33. The van der Waals surface area contributed by atoms with Crippen molar-refractivity contribution >= 4 is 0 Å². The van der Waals surface area contributed by atoms with Gasteiger partial charge in [-0.1, -0.05) is 6.08 Å². The smallest absolute Gasteiger partial charge is 0.187 e. The van der Waals surface area contributed by atoms with Crippen LogP contribution in [0.5, 0.6) is 0 Å². The number of rotatable bonds is 6. The minimum absolute atomic E-state index is 0.0630. The van der Waals surface area contributed by atoms with Crippen molar-refractivity contribution in [1.82, 2.24) is 5.32 Å². The van der Waals surface area contributed by atoms with E-state index in [0.717, 1.165) is 0 Å². The number of hydrogen-bond acceptors (Lipinski definition) is 14. The van der Waals surface area contributed by atoms with Crippen LogP contribution in [0.4, 0.5) is 0 Å². The topological polar surface area (TPSA) is 242 Å². The van der Waals surface area contributed by atoms with Gasteiger partial charge in [-0.3, -0.25) is 0 Å². The van der Waals surface area contributed by atoms with Crippen LogP contribution >= 0.6 is 0 Å². The molecule has 14 atom stereocenters. The van der Waals surface area contributed by atoms with Crippen LogP contribution in [-0.4, -0.2) is 150 Å². The summed E-state index contributed by atoms with van der Waals surface area (Å²) in [6.07, 6.45) is -16.8. The molecule has 3 aliphatic rings. The minimum atomic E-state index is -1.76. The van der Waals surface area contributed by atoms with E-state index in [2.05, 4.69) is 5.32 Å². The fourth-order valence-electron chi connectivity index (χ4n) is 4.33. The molecule has 14 heteroatoms. The molecule has 3 rings (SSSR count). The molecule has 33 heavy (non-hydrogen) atoms. The summed E-state index contributed by atoms with van der Waals surface area (Å²) in [5.74, 6) is 0. The SMILES string of the molecule is C[C@H]1O[C@H](O[C@@H]2[C@@H](O)[C@H](O)[C@H](O)O[C@H]2CO)[C@@H](O)[C@H](O)[C@H]1N[C@@H]1C=C(CO)[C@@H](O)[C@@H](O)[C@@H]1O. The minimum Gasteiger partial charge on any atom is -0.394 e. The van der Waals surface area contributed by atoms with Gasteiger partial charge in [-0.2, -0.15) is 0 Å². The van der Waals surface area contributed by atoms with E-state index in [1.165, 1.54) is 13.0 Å². The lowest BCUT2D eigenvalue weighted by molar-refractivity contribution is -0.345. The Morgan fingerprint density at radius 3 is 2.12 bits per heavy atom. The average Bonchev–Trinajstić information content (AvgIpc) is 2.79. The first kappa shape index (κ1) is 26.8. The van der Waals surface area contributed by atoms with Crippen molar-refractivity contribution in [3.63, 3.8) is 0 Å². The van der Waals surface area contributed by atoms with E-state index in [0.29, 0.717) is 0 Å². The van der Waals surface area contributed by atoms with Gasteiger partial charge in [-0.25, -0.2) is 0 Å². The summed E-state index contributed by atoms with van der Waals surface area (Å²) in [7, 11) is 0. The zero-order chi connectivity index (χ0) is 24.6. The van der Waals surface area contributed by atoms with Crippen molar-refractivity contribution in [2.75, 3.05) is 13.2 Å². The Morgan fingerprint density at radius 1 is 0.848 bits per heavy atom. The molecule has 0 spiro atoms. The van der Waals surface area contributed by atoms with Crippen LogP contribution in [0.25, 0.3) is 0 Å². The van der Waals surface area contributed by atoms with Gasteiger partial charge >= 0.3 is 0 Å². The van der Waals surface area contributed by atoms with Gasteiger partial charge in [0.25, 0.3) is 0 Å². The molecule has 0 aromatic carbocycles. The Kier molecular flexibility index (Phi) is 8.80. The van der Waals surface area contributed by atoms with E-state index in [1.54, 1.807) is 0 Å². The Hall–Kier alpha value is -0.820. The van der Waals surface area contributed by atoms with Gasteiger partial charge in [0.15, 0.2) is 12.6 Å². The van der Waals surface area contributed by atoms with Gasteiger partial charge in [0.05, 0.1) is 31.4 Å². The maximum Gasteiger partial charge on any atom is 0.187 e. The summed E-state index contributed by atoms with van der Waals surface area (Å²) < 4.78 is 16.1. The number of nitrogens with one attached hydrogen (secondary N) is 1. The molecule has 2 aliphatic heterocycles. The van der Waals surface area contributed by atoms with E-state index in [9.17, 15) is 51.1 Å². The highest BCUT2D eigenvalue weighted by Crippen LogP contribution is 2.29. The summed E-state index contributed by atoms with van der Waals surface area (Å²) in [6.45, 7) is 0.249. The van der Waals surface area contributed by atoms with Crippen LogP contribution in [0.15, 0.2) is 11.6 Å². The first-order chi connectivity index (χ1) is 15.5. The molecule has 0 radical (unpaired) electrons. The number of ether oxygens (including phenoxy) is 3. The molecular weight excluding hydrogens is 450 g/mol. The predicted molar refractivity (Wildman–Crippen MR) is 105 cm³/mol. The van der Waals surface area contributed by atoms with Crippen LogP contribution in [0.2, 0.25) is 0 Å². The maximum atomic E-state index is 10.7. The van der Waals surface area contributed by atoms with E-state index in [1.807, 2.05) is 0 Å². The van der Waals surface area contributed by atoms with Gasteiger partial charge in [0, 0.05) is 0 Å². The molecule has 0 aromatic rings. The van der Waals surface area contributed by atoms with E-state index < -0.39 is 98.9 Å². The lowest BCUT2D eigenvalue weighted by Crippen LogP contribution is -2.68. The molecule has 2 saturated heterocycles. The molecule has 0 saturated carbocycles. The highest BCUT2D eigenvalue weighted by molar-refractivity contribution is 5.22. The first-order valence-corrected chi connectivity index (χ1v) is 10.6. The number of aliphatic hydroxyl groups is 10. The third-order valence-electron chi connectivity index (χ3n) is 6.36. The van der Waals surface area contributed by atoms with Crippen LogP contribution in [0, 0.1) is 0 Å². The van der Waals surface area contributed by atoms with E-state index >= 15 is 0 Å². The van der Waals surface area contributed by atoms with Crippen LogP contribution < -0.4 is 5.32 Å². The predicted octanol–water partition coefficient (Wildman–Crippen LogP) is -6.39. The third kappa shape index (κ3) is 5.24. The Balaban J connectivity index is 1.71. The molecular formula is C19H33NO13. The van der Waals surface area contributed by atoms with Crippen molar-refractivity contribution in [1.29, 1.82) is 0 Å². The zero-order valence-electron chi connectivity index (χ0n) is 17.8. The van der Waals surface area contributed by atoms with Crippen LogP contribution in [-0.2, 0) is 14.2 Å². The standard InChI is InChI=1S/C19H33NO13/c1-5-9(20-7-2-6(3-21)10(23)13(26)11(7)24)12(25)16(29)19(31-5)33-17-8(4-22)32-18(30)15(28)14(17)27/h2,5,7-30H,3-4H2,1H3/t5-,7-,8+,9+,10-,11-,12-,13-,14+,15+,16+,17+,18-,19-/m1/s1. The molecule has 0 unspecified atom stereocenters. The van der Waals surface area contributed by atoms with Crippen molar-refractivity contribution in [3.05, 3.63) is 11.6 Å². The second-order valence-corrected chi connectivity index (χ2v) is 8.56. The zero-order valence-corrected chi connectivity index (χ0v) is 17.8. The molecule has 11 N–H and O–H groups in total. The Labute approximate surface area is 188 Å². The van der Waals surface area contributed by atoms with Crippen LogP contribution in [0.3, 0.4) is 0 Å². The normalized spacial score (nSPS) is 51.3. The quantitative estimate of drug-likeness (QED) is 0.157. The fraction of sp³-hybridized carbons (Fsp3) is 0.895. The van der Waals surface area contributed by atoms with E-state index in [-0.39, 0.29) is 5.57 Å². The highest BCUT2D eigenvalue weighted by atomic mass is 16.7. The average molecular weight is 483 g/mol. The molecule has 0 aromatic heterocycles. The summed E-state index contributed by atoms with van der Waals surface area (Å²) in [6, 6.07) is -2.02. The van der Waals surface area contributed by atoms with Gasteiger partial charge in [-0.05, 0) is 12.5 Å². The summed E-state index contributed by atoms with van der Waals surface area (Å²) in [5.41, 5.74) is 0.0630. The summed E-state index contributed by atoms with van der Waals surface area (Å²) in [5, 5.41) is 103. The number of aliphatic hydroxyl groups excluding tert-OH is 10. The third-order valence-corrected chi connectivity index (χ3v) is 6.36. The Bertz CT molecular complexity index is 680. The lowest BCUT2D eigenvalue weighted by Gasteiger charge is -2.47. The van der Waals surface area contributed by atoms with Gasteiger partial charge in [0.1, 0.15) is 54.9 Å². The largest absolute Gasteiger partial charge is 0.394 e. The molecule has 0 amide bonds. The molecule has 1 aliphatic carbocycles. The van der Waals surface area contributed by atoms with Gasteiger partial charge in [0.2, 0.25) is 0 Å². The molecule has 14 nitrogen and oxygen atoms in total. The Morgan fingerprint density at radius 2 is 1.52 bits per heavy atom. The van der Waals surface area contributed by atoms with Gasteiger partial charge in [-0.15, -0.1) is 0 Å². The summed E-state index contributed by atoms with van der Waals surface area (Å²) >= 11 is 0. The molecule has 0 bridgehead atoms. The first-order valence-electron chi connectivity index (χ1n) is 10.6. The second kappa shape index (κ2) is 10.8. The molecule has 192 valence electrons. The van der Waals surface area contributed by atoms with Crippen molar-refractivity contribution in [3.8, 4) is 0 Å². The number of hydrogen-bond donors (Lipinski definition) is 11. The van der Waals surface area contributed by atoms with Crippen molar-refractivity contribution in [2.24, 2.45) is 0 Å². The molecule has 2 heterocycles. The highest BCUT2D eigenvalue weighted by Gasteiger charge is 2.50. The molecule has 2 fully saturated rings. The van der Waals surface area contributed by atoms with Crippen LogP contribution in [0.1, 0.15) is 6.92 Å². The maximum absolute atomic E-state index is 10.7. The van der Waals surface area contributed by atoms with Crippen molar-refractivity contribution < 1.29 is 65.3 Å². The van der Waals surface area contributed by atoms with E-state index in [4.69, 9.17) is 14.2 Å². The van der Waals surface area contributed by atoms with Crippen molar-refractivity contribution in [2.45, 2.75) is 92.6 Å². The second-order valence-electron chi connectivity index (χ2n) is 8.56.